The van der Waals surface area contributed by atoms with Gasteiger partial charge in [0.1, 0.15) is 11.5 Å². The number of benzene rings is 2. The topological polar surface area (TPSA) is 65.1 Å². The van der Waals surface area contributed by atoms with Crippen molar-refractivity contribution in [2.45, 2.75) is 25.9 Å². The summed E-state index contributed by atoms with van der Waals surface area (Å²) in [6.07, 6.45) is 3.84. The van der Waals surface area contributed by atoms with Crippen molar-refractivity contribution >= 4 is 23.6 Å². The zero-order valence-corrected chi connectivity index (χ0v) is 16.9. The largest absolute Gasteiger partial charge is 0.497 e. The second-order valence-electron chi connectivity index (χ2n) is 6.74. The Balaban J connectivity index is 1.65. The number of methoxy groups -OCH3 is 2. The first kappa shape index (κ1) is 20.5. The quantitative estimate of drug-likeness (QED) is 0.552. The van der Waals surface area contributed by atoms with Crippen molar-refractivity contribution in [1.82, 2.24) is 0 Å². The Morgan fingerprint density at radius 1 is 1.10 bits per heavy atom. The fourth-order valence-electron chi connectivity index (χ4n) is 3.36. The number of amides is 1. The van der Waals surface area contributed by atoms with Gasteiger partial charge >= 0.3 is 5.97 Å². The van der Waals surface area contributed by atoms with Gasteiger partial charge in [-0.15, -0.1) is 0 Å². The van der Waals surface area contributed by atoms with E-state index in [9.17, 15) is 9.59 Å². The van der Waals surface area contributed by atoms with Crippen molar-refractivity contribution in [3.63, 3.8) is 0 Å². The average Bonchev–Trinajstić information content (AvgIpc) is 2.76. The molecule has 1 heterocycles. The van der Waals surface area contributed by atoms with Crippen LogP contribution in [0.3, 0.4) is 0 Å². The zero-order chi connectivity index (χ0) is 20.8. The van der Waals surface area contributed by atoms with E-state index in [1.54, 1.807) is 50.3 Å². The molecule has 0 fully saturated rings. The van der Waals surface area contributed by atoms with Gasteiger partial charge in [0.15, 0.2) is 6.10 Å². The lowest BCUT2D eigenvalue weighted by molar-refractivity contribution is -0.149. The highest BCUT2D eigenvalue weighted by Gasteiger charge is 2.27. The number of anilines is 1. The predicted octanol–water partition coefficient (Wildman–Crippen LogP) is 3.63. The van der Waals surface area contributed by atoms with Crippen molar-refractivity contribution < 1.29 is 23.8 Å². The van der Waals surface area contributed by atoms with Crippen LogP contribution in [0, 0.1) is 0 Å². The highest BCUT2D eigenvalue weighted by molar-refractivity contribution is 5.99. The fourth-order valence-corrected chi connectivity index (χ4v) is 3.36. The first-order chi connectivity index (χ1) is 14.0. The molecule has 3 rings (SSSR count). The van der Waals surface area contributed by atoms with Crippen LogP contribution < -0.4 is 14.4 Å². The molecule has 1 aliphatic rings. The molecule has 0 saturated heterocycles. The summed E-state index contributed by atoms with van der Waals surface area (Å²) in [5, 5.41) is 0. The van der Waals surface area contributed by atoms with Gasteiger partial charge in [-0.25, -0.2) is 4.79 Å². The van der Waals surface area contributed by atoms with Crippen molar-refractivity contribution in [3.05, 3.63) is 59.7 Å². The van der Waals surface area contributed by atoms with Crippen LogP contribution >= 0.6 is 0 Å². The van der Waals surface area contributed by atoms with Gasteiger partial charge in [0.05, 0.1) is 14.2 Å². The Morgan fingerprint density at radius 3 is 2.66 bits per heavy atom. The van der Waals surface area contributed by atoms with E-state index in [4.69, 9.17) is 14.2 Å². The molecule has 6 nitrogen and oxygen atoms in total. The minimum atomic E-state index is -0.879. The van der Waals surface area contributed by atoms with E-state index in [0.29, 0.717) is 23.6 Å². The zero-order valence-electron chi connectivity index (χ0n) is 16.9. The molecule has 1 atom stereocenters. The first-order valence-electron chi connectivity index (χ1n) is 9.53. The van der Waals surface area contributed by atoms with Crippen LogP contribution in [0.25, 0.3) is 6.08 Å². The second kappa shape index (κ2) is 9.28. The molecule has 0 radical (unpaired) electrons. The second-order valence-corrected chi connectivity index (χ2v) is 6.74. The van der Waals surface area contributed by atoms with Gasteiger partial charge in [0.25, 0.3) is 5.91 Å². The van der Waals surface area contributed by atoms with Crippen molar-refractivity contribution in [2.75, 3.05) is 25.7 Å². The smallest absolute Gasteiger partial charge is 0.331 e. The molecule has 29 heavy (non-hydrogen) atoms. The monoisotopic (exact) mass is 395 g/mol. The molecule has 0 saturated carbocycles. The van der Waals surface area contributed by atoms with E-state index in [1.807, 2.05) is 24.3 Å². The van der Waals surface area contributed by atoms with Crippen LogP contribution in [0.5, 0.6) is 11.5 Å². The highest BCUT2D eigenvalue weighted by atomic mass is 16.5. The van der Waals surface area contributed by atoms with Gasteiger partial charge in [0.2, 0.25) is 0 Å². The van der Waals surface area contributed by atoms with Gasteiger partial charge in [-0.2, -0.15) is 0 Å². The normalized spacial score (nSPS) is 14.2. The van der Waals surface area contributed by atoms with E-state index in [0.717, 1.165) is 24.1 Å². The van der Waals surface area contributed by atoms with Gasteiger partial charge in [-0.05, 0) is 49.6 Å². The maximum atomic E-state index is 12.8. The van der Waals surface area contributed by atoms with E-state index in [1.165, 1.54) is 6.08 Å². The van der Waals surface area contributed by atoms with Gasteiger partial charge in [0, 0.05) is 29.9 Å². The lowest BCUT2D eigenvalue weighted by atomic mass is 10.0. The Hall–Kier alpha value is -3.28. The predicted molar refractivity (Wildman–Crippen MR) is 111 cm³/mol. The third-order valence-corrected chi connectivity index (χ3v) is 4.86. The number of aryl methyl sites for hydroxylation is 1. The standard InChI is InChI=1S/C23H25NO5/c1-16(23(26)24-14-6-8-17-7-4-5-9-20(17)24)29-22(25)13-11-18-10-12-19(27-2)15-21(18)28-3/h4-5,7,9-13,15-16H,6,8,14H2,1-3H3/b13-11+. The van der Waals surface area contributed by atoms with E-state index in [2.05, 4.69) is 0 Å². The molecule has 2 aromatic carbocycles. The minimum Gasteiger partial charge on any atom is -0.497 e. The Bertz CT molecular complexity index is 921. The van der Waals surface area contributed by atoms with Crippen LogP contribution in [-0.2, 0) is 20.7 Å². The molecule has 152 valence electrons. The van der Waals surface area contributed by atoms with E-state index in [-0.39, 0.29) is 5.91 Å². The molecular weight excluding hydrogens is 370 g/mol. The molecule has 2 aromatic rings. The number of fused-ring (bicyclic) bond motifs is 1. The van der Waals surface area contributed by atoms with E-state index < -0.39 is 12.1 Å². The number of ether oxygens (including phenoxy) is 3. The number of hydrogen-bond donors (Lipinski definition) is 0. The summed E-state index contributed by atoms with van der Waals surface area (Å²) in [6.45, 7) is 2.22. The third kappa shape index (κ3) is 4.77. The molecule has 0 spiro atoms. The molecule has 0 N–H and O–H groups in total. The molecule has 6 heteroatoms. The summed E-state index contributed by atoms with van der Waals surface area (Å²) in [7, 11) is 3.11. The van der Waals surface area contributed by atoms with Crippen molar-refractivity contribution in [2.24, 2.45) is 0 Å². The Morgan fingerprint density at radius 2 is 1.90 bits per heavy atom. The molecule has 1 unspecified atom stereocenters. The summed E-state index contributed by atoms with van der Waals surface area (Å²) in [5.74, 6) is 0.417. The third-order valence-electron chi connectivity index (χ3n) is 4.86. The van der Waals surface area contributed by atoms with Crippen LogP contribution in [-0.4, -0.2) is 38.7 Å². The summed E-state index contributed by atoms with van der Waals surface area (Å²) in [6, 6.07) is 13.1. The lowest BCUT2D eigenvalue weighted by Gasteiger charge is -2.31. The number of carbonyl (C=O) groups excluding carboxylic acids is 2. The number of nitrogens with zero attached hydrogens (tertiary/aromatic N) is 1. The van der Waals surface area contributed by atoms with Gasteiger partial charge in [-0.1, -0.05) is 18.2 Å². The maximum Gasteiger partial charge on any atom is 0.331 e. The van der Waals surface area contributed by atoms with Crippen LogP contribution in [0.15, 0.2) is 48.5 Å². The Labute approximate surface area is 170 Å². The average molecular weight is 395 g/mol. The number of rotatable bonds is 6. The van der Waals surface area contributed by atoms with Crippen molar-refractivity contribution in [1.29, 1.82) is 0 Å². The molecule has 0 bridgehead atoms. The lowest BCUT2D eigenvalue weighted by Crippen LogP contribution is -2.42. The number of carbonyl (C=O) groups is 2. The summed E-state index contributed by atoms with van der Waals surface area (Å²) >= 11 is 0. The first-order valence-corrected chi connectivity index (χ1v) is 9.53. The van der Waals surface area contributed by atoms with Crippen LogP contribution in [0.1, 0.15) is 24.5 Å². The van der Waals surface area contributed by atoms with Crippen molar-refractivity contribution in [3.8, 4) is 11.5 Å². The SMILES string of the molecule is COc1ccc(/C=C/C(=O)OC(C)C(=O)N2CCCc3ccccc32)c(OC)c1. The van der Waals surface area contributed by atoms with E-state index >= 15 is 0 Å². The Kier molecular flexibility index (Phi) is 6.54. The van der Waals surface area contributed by atoms with Gasteiger partial charge in [-0.3, -0.25) is 4.79 Å². The summed E-state index contributed by atoms with van der Waals surface area (Å²) in [5.41, 5.74) is 2.73. The summed E-state index contributed by atoms with van der Waals surface area (Å²) < 4.78 is 15.8. The minimum absolute atomic E-state index is 0.221. The fraction of sp³-hybridized carbons (Fsp3) is 0.304. The summed E-state index contributed by atoms with van der Waals surface area (Å²) in [4.78, 5) is 26.8. The number of para-hydroxylation sites is 1. The maximum absolute atomic E-state index is 12.8. The number of esters is 1. The highest BCUT2D eigenvalue weighted by Crippen LogP contribution is 2.28. The van der Waals surface area contributed by atoms with Crippen LogP contribution in [0.2, 0.25) is 0 Å². The van der Waals surface area contributed by atoms with Crippen LogP contribution in [0.4, 0.5) is 5.69 Å². The molecule has 0 aliphatic carbocycles. The number of hydrogen-bond acceptors (Lipinski definition) is 5. The van der Waals surface area contributed by atoms with Gasteiger partial charge < -0.3 is 19.1 Å². The molecule has 1 aliphatic heterocycles. The molecular formula is C23H25NO5. The molecule has 1 amide bonds. The molecule has 0 aromatic heterocycles.